The Morgan fingerprint density at radius 3 is 2.69 bits per heavy atom. The summed E-state index contributed by atoms with van der Waals surface area (Å²) < 4.78 is 30.8. The zero-order valence-corrected chi connectivity index (χ0v) is 20.0. The second kappa shape index (κ2) is 11.6. The van der Waals surface area contributed by atoms with Gasteiger partial charge in [0.1, 0.15) is 17.2 Å². The van der Waals surface area contributed by atoms with E-state index in [2.05, 4.69) is 36.2 Å². The van der Waals surface area contributed by atoms with Crippen LogP contribution in [0.1, 0.15) is 43.8 Å². The number of aliphatic hydroxyl groups is 1. The van der Waals surface area contributed by atoms with Gasteiger partial charge in [-0.3, -0.25) is 29.4 Å². The molecule has 2 atom stereocenters. The maximum Gasteiger partial charge on any atom is 0.239 e. The average Bonchev–Trinajstić information content (AvgIpc) is 3.56. The number of likely N-dealkylation sites (tertiary alicyclic amines) is 1. The summed E-state index contributed by atoms with van der Waals surface area (Å²) in [6, 6.07) is 2.81. The maximum atomic E-state index is 13.9. The number of aryl methyl sites for hydroxylation is 2. The third-order valence-electron chi connectivity index (χ3n) is 5.83. The van der Waals surface area contributed by atoms with E-state index in [4.69, 9.17) is 0 Å². The maximum absolute atomic E-state index is 13.9. The molecule has 1 aliphatic heterocycles. The van der Waals surface area contributed by atoms with Gasteiger partial charge in [-0.15, -0.1) is 10.2 Å². The predicted octanol–water partition coefficient (Wildman–Crippen LogP) is 1.04. The first-order valence-electron chi connectivity index (χ1n) is 11.8. The molecule has 36 heavy (non-hydrogen) atoms. The molecule has 0 aliphatic carbocycles. The van der Waals surface area contributed by atoms with Crippen molar-refractivity contribution in [2.45, 2.75) is 57.7 Å². The Labute approximate surface area is 206 Å². The first-order chi connectivity index (χ1) is 17.3. The van der Waals surface area contributed by atoms with Crippen molar-refractivity contribution >= 4 is 11.7 Å². The molecule has 194 valence electrons. The number of aromatic nitrogens is 7. The highest BCUT2D eigenvalue weighted by Gasteiger charge is 2.34. The smallest absolute Gasteiger partial charge is 0.239 e. The number of alkyl halides is 1. The quantitative estimate of drug-likeness (QED) is 0.244. The SMILES string of the molecule is CC1(F)CCN(CC(=O)Nc2cn(CCCCn3cc(C(O)NCc4ncccc4F)nn3)nn2)C1. The highest BCUT2D eigenvalue weighted by Crippen LogP contribution is 2.24. The van der Waals surface area contributed by atoms with E-state index < -0.39 is 17.7 Å². The lowest BCUT2D eigenvalue weighted by molar-refractivity contribution is -0.117. The molecule has 2 unspecified atom stereocenters. The van der Waals surface area contributed by atoms with Crippen molar-refractivity contribution in [2.24, 2.45) is 0 Å². The van der Waals surface area contributed by atoms with E-state index in [1.54, 1.807) is 33.6 Å². The van der Waals surface area contributed by atoms with Crippen LogP contribution in [0, 0.1) is 5.82 Å². The number of anilines is 1. The Hall–Kier alpha value is -3.36. The number of aliphatic hydroxyl groups excluding tert-OH is 1. The van der Waals surface area contributed by atoms with Gasteiger partial charge in [0, 0.05) is 38.9 Å². The lowest BCUT2D eigenvalue weighted by Crippen LogP contribution is -2.33. The van der Waals surface area contributed by atoms with Gasteiger partial charge in [0.2, 0.25) is 5.91 Å². The van der Waals surface area contributed by atoms with Crippen molar-refractivity contribution in [3.8, 4) is 0 Å². The van der Waals surface area contributed by atoms with Crippen molar-refractivity contribution in [1.82, 2.24) is 45.2 Å². The van der Waals surface area contributed by atoms with Gasteiger partial charge in [-0.25, -0.2) is 8.78 Å². The molecule has 0 radical (unpaired) electrons. The topological polar surface area (TPSA) is 139 Å². The number of carbonyl (C=O) groups is 1. The predicted molar refractivity (Wildman–Crippen MR) is 124 cm³/mol. The van der Waals surface area contributed by atoms with Crippen molar-refractivity contribution in [3.05, 3.63) is 47.9 Å². The van der Waals surface area contributed by atoms with Crippen molar-refractivity contribution < 1.29 is 18.7 Å². The number of halogens is 2. The number of carbonyl (C=O) groups excluding carboxylic acids is 1. The fourth-order valence-electron chi connectivity index (χ4n) is 3.94. The number of hydrogen-bond acceptors (Lipinski definition) is 9. The number of nitrogens with one attached hydrogen (secondary N) is 2. The standard InChI is InChI=1S/C22H30F2N10O2/c1-22(24)6-10-32(15-22)14-20(35)27-19-13-34(31-29-19)9-3-2-8-33-12-18(28-30-33)21(36)26-11-17-16(23)5-4-7-25-17/h4-5,7,12-13,21,26,36H,2-3,6,8-11,14-15H2,1H3,(H,27,35). The lowest BCUT2D eigenvalue weighted by atomic mass is 10.1. The Morgan fingerprint density at radius 1 is 1.22 bits per heavy atom. The third kappa shape index (κ3) is 7.32. The van der Waals surface area contributed by atoms with Crippen LogP contribution in [0.5, 0.6) is 0 Å². The minimum absolute atomic E-state index is 0.0519. The first kappa shape index (κ1) is 25.7. The van der Waals surface area contributed by atoms with Crippen LogP contribution in [-0.4, -0.2) is 76.2 Å². The summed E-state index contributed by atoms with van der Waals surface area (Å²) in [5.74, 6) is -0.339. The van der Waals surface area contributed by atoms with Gasteiger partial charge in [0.15, 0.2) is 12.0 Å². The molecule has 3 aromatic rings. The molecule has 1 aliphatic rings. The summed E-state index contributed by atoms with van der Waals surface area (Å²) in [4.78, 5) is 17.9. The summed E-state index contributed by atoms with van der Waals surface area (Å²) in [5, 5.41) is 31.6. The van der Waals surface area contributed by atoms with Gasteiger partial charge in [-0.05, 0) is 38.3 Å². The Morgan fingerprint density at radius 2 is 1.97 bits per heavy atom. The number of rotatable bonds is 12. The van der Waals surface area contributed by atoms with Crippen LogP contribution in [0.4, 0.5) is 14.6 Å². The normalized spacial score (nSPS) is 19.0. The molecular formula is C22H30F2N10O2. The van der Waals surface area contributed by atoms with Gasteiger partial charge in [0.25, 0.3) is 0 Å². The Kier molecular flexibility index (Phi) is 8.28. The minimum atomic E-state index is -1.24. The molecule has 0 spiro atoms. The summed E-state index contributed by atoms with van der Waals surface area (Å²) in [5.41, 5.74) is -0.710. The van der Waals surface area contributed by atoms with Crippen LogP contribution in [0.2, 0.25) is 0 Å². The van der Waals surface area contributed by atoms with Gasteiger partial charge < -0.3 is 10.4 Å². The summed E-state index contributed by atoms with van der Waals surface area (Å²) in [6.07, 6.45) is 5.63. The molecule has 1 saturated heterocycles. The van der Waals surface area contributed by atoms with Crippen LogP contribution in [-0.2, 0) is 24.4 Å². The highest BCUT2D eigenvalue weighted by molar-refractivity contribution is 5.91. The van der Waals surface area contributed by atoms with E-state index in [-0.39, 0.29) is 31.2 Å². The molecule has 4 heterocycles. The van der Waals surface area contributed by atoms with Crippen LogP contribution in [0.3, 0.4) is 0 Å². The molecule has 0 bridgehead atoms. The number of pyridine rings is 1. The van der Waals surface area contributed by atoms with E-state index in [1.165, 1.54) is 18.3 Å². The molecule has 4 rings (SSSR count). The highest BCUT2D eigenvalue weighted by atomic mass is 19.1. The van der Waals surface area contributed by atoms with Crippen LogP contribution >= 0.6 is 0 Å². The van der Waals surface area contributed by atoms with E-state index in [0.717, 1.165) is 12.8 Å². The zero-order valence-electron chi connectivity index (χ0n) is 20.0. The number of hydrogen-bond donors (Lipinski definition) is 3. The number of unbranched alkanes of at least 4 members (excludes halogenated alkanes) is 1. The largest absolute Gasteiger partial charge is 0.373 e. The van der Waals surface area contributed by atoms with Crippen molar-refractivity contribution in [3.63, 3.8) is 0 Å². The van der Waals surface area contributed by atoms with Gasteiger partial charge in [-0.1, -0.05) is 10.4 Å². The average molecular weight is 505 g/mol. The van der Waals surface area contributed by atoms with Gasteiger partial charge in [0.05, 0.1) is 24.6 Å². The van der Waals surface area contributed by atoms with Crippen molar-refractivity contribution in [1.29, 1.82) is 0 Å². The molecule has 0 aromatic carbocycles. The second-order valence-corrected chi connectivity index (χ2v) is 9.12. The summed E-state index contributed by atoms with van der Waals surface area (Å²) in [6.45, 7) is 3.70. The monoisotopic (exact) mass is 504 g/mol. The lowest BCUT2D eigenvalue weighted by Gasteiger charge is -2.16. The Bertz CT molecular complexity index is 1150. The molecule has 3 aromatic heterocycles. The Balaban J connectivity index is 1.14. The van der Waals surface area contributed by atoms with E-state index in [9.17, 15) is 18.7 Å². The second-order valence-electron chi connectivity index (χ2n) is 9.12. The van der Waals surface area contributed by atoms with Crippen LogP contribution < -0.4 is 10.6 Å². The number of nitrogens with zero attached hydrogens (tertiary/aromatic N) is 8. The van der Waals surface area contributed by atoms with E-state index in [0.29, 0.717) is 37.6 Å². The van der Waals surface area contributed by atoms with E-state index >= 15 is 0 Å². The molecule has 12 nitrogen and oxygen atoms in total. The number of amides is 1. The van der Waals surface area contributed by atoms with Crippen LogP contribution in [0.15, 0.2) is 30.7 Å². The molecule has 3 N–H and O–H groups in total. The van der Waals surface area contributed by atoms with E-state index in [1.807, 2.05) is 0 Å². The van der Waals surface area contributed by atoms with Gasteiger partial charge in [-0.2, -0.15) is 0 Å². The first-order valence-corrected chi connectivity index (χ1v) is 11.8. The third-order valence-corrected chi connectivity index (χ3v) is 5.83. The fourth-order valence-corrected chi connectivity index (χ4v) is 3.94. The molecule has 0 saturated carbocycles. The van der Waals surface area contributed by atoms with Gasteiger partial charge >= 0.3 is 0 Å². The fraction of sp³-hybridized carbons (Fsp3) is 0.545. The molecule has 1 amide bonds. The molecular weight excluding hydrogens is 474 g/mol. The molecule has 1 fully saturated rings. The summed E-state index contributed by atoms with van der Waals surface area (Å²) in [7, 11) is 0. The summed E-state index contributed by atoms with van der Waals surface area (Å²) >= 11 is 0. The minimum Gasteiger partial charge on any atom is -0.373 e. The van der Waals surface area contributed by atoms with Crippen LogP contribution in [0.25, 0.3) is 0 Å². The van der Waals surface area contributed by atoms with Crippen molar-refractivity contribution in [2.75, 3.05) is 25.0 Å². The molecule has 14 heteroatoms. The zero-order chi connectivity index (χ0) is 25.5.